The summed E-state index contributed by atoms with van der Waals surface area (Å²) in [5.74, 6) is -0.0678. The van der Waals surface area contributed by atoms with Gasteiger partial charge < -0.3 is 10.5 Å². The average Bonchev–Trinajstić information content (AvgIpc) is 2.58. The van der Waals surface area contributed by atoms with E-state index in [9.17, 15) is 4.79 Å². The minimum absolute atomic E-state index is 0.261. The number of aromatic nitrogens is 2. The molecule has 78 valence electrons. The molecular weight excluding hydrogens is 218 g/mol. The number of hydrogen-bond donors (Lipinski definition) is 1. The Morgan fingerprint density at radius 1 is 1.67 bits per heavy atom. The van der Waals surface area contributed by atoms with Gasteiger partial charge in [0, 0.05) is 12.3 Å². The number of esters is 1. The van der Waals surface area contributed by atoms with E-state index < -0.39 is 5.97 Å². The maximum atomic E-state index is 11.3. The summed E-state index contributed by atoms with van der Waals surface area (Å²) < 4.78 is 6.15. The molecule has 0 saturated carbocycles. The van der Waals surface area contributed by atoms with Gasteiger partial charge >= 0.3 is 5.97 Å². The predicted octanol–water partition coefficient (Wildman–Crippen LogP) is 1.36. The largest absolute Gasteiger partial charge is 0.465 e. The highest BCUT2D eigenvalue weighted by molar-refractivity contribution is 6.33. The molecule has 2 N–H and O–H groups in total. The fourth-order valence-electron chi connectivity index (χ4n) is 1.28. The smallest absolute Gasteiger partial charge is 0.340 e. The lowest BCUT2D eigenvalue weighted by Crippen LogP contribution is -2.05. The monoisotopic (exact) mass is 225 g/mol. The van der Waals surface area contributed by atoms with Crippen LogP contribution in [0.2, 0.25) is 5.02 Å². The van der Waals surface area contributed by atoms with Gasteiger partial charge in [-0.1, -0.05) is 11.6 Å². The summed E-state index contributed by atoms with van der Waals surface area (Å²) in [6, 6.07) is 1.56. The fraction of sp³-hybridized carbons (Fsp3) is 0.111. The van der Waals surface area contributed by atoms with Crippen molar-refractivity contribution >= 4 is 29.0 Å². The number of nitrogens with two attached hydrogens (primary N) is 1. The molecule has 0 aliphatic carbocycles. The molecule has 0 aromatic carbocycles. The average molecular weight is 226 g/mol. The molecule has 5 nitrogen and oxygen atoms in total. The summed E-state index contributed by atoms with van der Waals surface area (Å²) in [7, 11) is 1.29. The lowest BCUT2D eigenvalue weighted by atomic mass is 10.3. The van der Waals surface area contributed by atoms with E-state index in [-0.39, 0.29) is 5.56 Å². The third-order valence-corrected chi connectivity index (χ3v) is 2.34. The standard InChI is InChI=1S/C9H8ClN3O2/c1-15-9(14)5-4-13-7(11)3-12-8(13)2-6(5)10/h2-4H,11H2,1H3. The van der Waals surface area contributed by atoms with Crippen molar-refractivity contribution in [3.63, 3.8) is 0 Å². The van der Waals surface area contributed by atoms with Gasteiger partial charge in [0.25, 0.3) is 0 Å². The number of ether oxygens (including phenoxy) is 1. The molecule has 0 saturated heterocycles. The Kier molecular flexibility index (Phi) is 2.24. The van der Waals surface area contributed by atoms with E-state index in [2.05, 4.69) is 9.72 Å². The summed E-state index contributed by atoms with van der Waals surface area (Å²) in [6.45, 7) is 0. The van der Waals surface area contributed by atoms with Gasteiger partial charge in [-0.3, -0.25) is 4.40 Å². The lowest BCUT2D eigenvalue weighted by molar-refractivity contribution is 0.0600. The molecule has 2 rings (SSSR count). The van der Waals surface area contributed by atoms with Gasteiger partial charge in [0.1, 0.15) is 11.5 Å². The Morgan fingerprint density at radius 3 is 3.07 bits per heavy atom. The summed E-state index contributed by atoms with van der Waals surface area (Å²) in [5.41, 5.74) is 6.49. The third kappa shape index (κ3) is 1.50. The van der Waals surface area contributed by atoms with Crippen LogP contribution in [0.25, 0.3) is 5.65 Å². The number of fused-ring (bicyclic) bond motifs is 1. The second-order valence-corrected chi connectivity index (χ2v) is 3.35. The van der Waals surface area contributed by atoms with Crippen LogP contribution in [0, 0.1) is 0 Å². The number of carbonyl (C=O) groups excluding carboxylic acids is 1. The molecule has 2 aromatic rings. The first-order valence-corrected chi connectivity index (χ1v) is 4.51. The first-order valence-electron chi connectivity index (χ1n) is 4.14. The Bertz CT molecular complexity index is 535. The zero-order valence-electron chi connectivity index (χ0n) is 7.90. The first-order chi connectivity index (χ1) is 7.13. The molecule has 0 unspecified atom stereocenters. The van der Waals surface area contributed by atoms with Crippen LogP contribution in [0.3, 0.4) is 0 Å². The molecule has 2 heterocycles. The molecule has 0 aliphatic rings. The molecule has 0 bridgehead atoms. The number of methoxy groups -OCH3 is 1. The number of rotatable bonds is 1. The first kappa shape index (κ1) is 9.79. The summed E-state index contributed by atoms with van der Waals surface area (Å²) >= 11 is 5.89. The second-order valence-electron chi connectivity index (χ2n) is 2.94. The van der Waals surface area contributed by atoms with Gasteiger partial charge in [-0.25, -0.2) is 9.78 Å². The Hall–Kier alpha value is -1.75. The van der Waals surface area contributed by atoms with Crippen LogP contribution < -0.4 is 5.73 Å². The van der Waals surface area contributed by atoms with Crippen molar-refractivity contribution in [3.8, 4) is 0 Å². The quantitative estimate of drug-likeness (QED) is 0.744. The maximum Gasteiger partial charge on any atom is 0.340 e. The highest BCUT2D eigenvalue weighted by Crippen LogP contribution is 2.20. The number of imidazole rings is 1. The molecular formula is C9H8ClN3O2. The number of hydrogen-bond acceptors (Lipinski definition) is 4. The van der Waals surface area contributed by atoms with Gasteiger partial charge in [-0.2, -0.15) is 0 Å². The number of nitrogen functional groups attached to an aromatic ring is 1. The molecule has 15 heavy (non-hydrogen) atoms. The van der Waals surface area contributed by atoms with E-state index in [0.29, 0.717) is 16.5 Å². The van der Waals surface area contributed by atoms with Crippen LogP contribution in [-0.4, -0.2) is 22.5 Å². The van der Waals surface area contributed by atoms with E-state index in [1.807, 2.05) is 0 Å². The van der Waals surface area contributed by atoms with E-state index in [1.165, 1.54) is 19.5 Å². The molecule has 6 heteroatoms. The highest BCUT2D eigenvalue weighted by Gasteiger charge is 2.13. The van der Waals surface area contributed by atoms with Crippen LogP contribution in [0.15, 0.2) is 18.5 Å². The second kappa shape index (κ2) is 3.43. The zero-order chi connectivity index (χ0) is 11.0. The summed E-state index contributed by atoms with van der Waals surface area (Å²) in [5, 5.41) is 0.292. The van der Waals surface area contributed by atoms with Gasteiger partial charge in [0.15, 0.2) is 0 Å². The number of carbonyl (C=O) groups is 1. The Labute approximate surface area is 90.4 Å². The Balaban J connectivity index is 2.70. The molecule has 0 amide bonds. The number of nitrogens with zero attached hydrogens (tertiary/aromatic N) is 2. The highest BCUT2D eigenvalue weighted by atomic mass is 35.5. The van der Waals surface area contributed by atoms with Crippen LogP contribution in [0.4, 0.5) is 5.82 Å². The third-order valence-electron chi connectivity index (χ3n) is 2.03. The molecule has 0 spiro atoms. The molecule has 2 aromatic heterocycles. The van der Waals surface area contributed by atoms with Gasteiger partial charge in [0.05, 0.1) is 23.9 Å². The van der Waals surface area contributed by atoms with E-state index in [1.54, 1.807) is 10.5 Å². The normalized spacial score (nSPS) is 10.5. The molecule has 0 atom stereocenters. The van der Waals surface area contributed by atoms with Gasteiger partial charge in [-0.05, 0) is 0 Å². The minimum Gasteiger partial charge on any atom is -0.465 e. The topological polar surface area (TPSA) is 69.6 Å². The maximum absolute atomic E-state index is 11.3. The zero-order valence-corrected chi connectivity index (χ0v) is 8.65. The van der Waals surface area contributed by atoms with Crippen molar-refractivity contribution in [3.05, 3.63) is 29.0 Å². The molecule has 0 aliphatic heterocycles. The van der Waals surface area contributed by atoms with Crippen molar-refractivity contribution < 1.29 is 9.53 Å². The van der Waals surface area contributed by atoms with Crippen molar-refractivity contribution in [2.24, 2.45) is 0 Å². The minimum atomic E-state index is -0.505. The van der Waals surface area contributed by atoms with Crippen LogP contribution in [0.5, 0.6) is 0 Å². The lowest BCUT2D eigenvalue weighted by Gasteiger charge is -2.03. The summed E-state index contributed by atoms with van der Waals surface area (Å²) in [4.78, 5) is 15.3. The summed E-state index contributed by atoms with van der Waals surface area (Å²) in [6.07, 6.45) is 3.00. The van der Waals surface area contributed by atoms with Gasteiger partial charge in [-0.15, -0.1) is 0 Å². The molecule has 0 radical (unpaired) electrons. The van der Waals surface area contributed by atoms with E-state index in [4.69, 9.17) is 17.3 Å². The van der Waals surface area contributed by atoms with Crippen molar-refractivity contribution in [1.82, 2.24) is 9.38 Å². The van der Waals surface area contributed by atoms with Crippen molar-refractivity contribution in [2.45, 2.75) is 0 Å². The van der Waals surface area contributed by atoms with E-state index in [0.717, 1.165) is 0 Å². The van der Waals surface area contributed by atoms with Gasteiger partial charge in [0.2, 0.25) is 0 Å². The van der Waals surface area contributed by atoms with Crippen molar-refractivity contribution in [2.75, 3.05) is 12.8 Å². The predicted molar refractivity (Wildman–Crippen MR) is 56.0 cm³/mol. The van der Waals surface area contributed by atoms with E-state index >= 15 is 0 Å². The van der Waals surface area contributed by atoms with Crippen molar-refractivity contribution in [1.29, 1.82) is 0 Å². The molecule has 0 fully saturated rings. The number of halogens is 1. The van der Waals surface area contributed by atoms with Crippen LogP contribution in [-0.2, 0) is 4.74 Å². The Morgan fingerprint density at radius 2 is 2.40 bits per heavy atom. The number of pyridine rings is 1. The SMILES string of the molecule is COC(=O)c1cn2c(N)cnc2cc1Cl. The van der Waals surface area contributed by atoms with Crippen LogP contribution in [0.1, 0.15) is 10.4 Å². The van der Waals surface area contributed by atoms with Crippen LogP contribution >= 0.6 is 11.6 Å². The fourth-order valence-corrected chi connectivity index (χ4v) is 1.50. The number of anilines is 1.